The minimum absolute atomic E-state index is 0.108. The van der Waals surface area contributed by atoms with Gasteiger partial charge in [0.25, 0.3) is 0 Å². The molecule has 0 amide bonds. The van der Waals surface area contributed by atoms with Crippen molar-refractivity contribution in [3.63, 3.8) is 0 Å². The number of benzene rings is 2. The fraction of sp³-hybridized carbons (Fsp3) is 0.400. The van der Waals surface area contributed by atoms with Crippen LogP contribution in [0.4, 0.5) is 5.69 Å². The molecule has 2 aromatic rings. The number of hydrogen-bond acceptors (Lipinski definition) is 3. The molecule has 0 aliphatic heterocycles. The smallest absolute Gasteiger partial charge is 0.163 e. The van der Waals surface area contributed by atoms with Gasteiger partial charge in [-0.15, -0.1) is 0 Å². The molecule has 0 heterocycles. The summed E-state index contributed by atoms with van der Waals surface area (Å²) in [5, 5.41) is 3.44. The van der Waals surface area contributed by atoms with Gasteiger partial charge in [0.2, 0.25) is 0 Å². The Kier molecular flexibility index (Phi) is 5.91. The van der Waals surface area contributed by atoms with Gasteiger partial charge in [-0.1, -0.05) is 29.8 Å². The maximum absolute atomic E-state index is 5.89. The lowest BCUT2D eigenvalue weighted by molar-refractivity contribution is 0.199. The van der Waals surface area contributed by atoms with E-state index in [2.05, 4.69) is 36.5 Å². The van der Waals surface area contributed by atoms with E-state index in [0.717, 1.165) is 23.7 Å². The van der Waals surface area contributed by atoms with Crippen LogP contribution in [0.25, 0.3) is 0 Å². The highest BCUT2D eigenvalue weighted by Gasteiger charge is 2.10. The molecule has 23 heavy (non-hydrogen) atoms. The Labute approximate surface area is 139 Å². The zero-order chi connectivity index (χ0) is 16.8. The molecule has 0 aliphatic carbocycles. The SMILES string of the molecule is Cc1ccc(CNc2ccc(OC(C)C)c(OC(C)C)c2)cc1. The third-order valence-electron chi connectivity index (χ3n) is 3.29. The van der Waals surface area contributed by atoms with Crippen LogP contribution in [-0.4, -0.2) is 12.2 Å². The molecule has 0 atom stereocenters. The van der Waals surface area contributed by atoms with E-state index in [9.17, 15) is 0 Å². The second-order valence-electron chi connectivity index (χ2n) is 6.33. The van der Waals surface area contributed by atoms with Gasteiger partial charge in [0.1, 0.15) is 0 Å². The van der Waals surface area contributed by atoms with E-state index < -0.39 is 0 Å². The van der Waals surface area contributed by atoms with E-state index in [4.69, 9.17) is 9.47 Å². The van der Waals surface area contributed by atoms with E-state index >= 15 is 0 Å². The second kappa shape index (κ2) is 7.91. The van der Waals surface area contributed by atoms with Gasteiger partial charge >= 0.3 is 0 Å². The zero-order valence-electron chi connectivity index (χ0n) is 14.7. The standard InChI is InChI=1S/C20H27NO2/c1-14(2)22-19-11-10-18(12-20(19)23-15(3)4)21-13-17-8-6-16(5)7-9-17/h6-12,14-15,21H,13H2,1-5H3. The van der Waals surface area contributed by atoms with Crippen molar-refractivity contribution >= 4 is 5.69 Å². The third-order valence-corrected chi connectivity index (χ3v) is 3.29. The minimum atomic E-state index is 0.108. The summed E-state index contributed by atoms with van der Waals surface area (Å²) in [6.07, 6.45) is 0.229. The van der Waals surface area contributed by atoms with Crippen molar-refractivity contribution in [1.82, 2.24) is 0 Å². The Balaban J connectivity index is 2.10. The predicted octanol–water partition coefficient (Wildman–Crippen LogP) is 5.18. The van der Waals surface area contributed by atoms with Crippen LogP contribution in [0.3, 0.4) is 0 Å². The molecule has 0 aliphatic rings. The monoisotopic (exact) mass is 313 g/mol. The average Bonchev–Trinajstić information content (AvgIpc) is 2.48. The zero-order valence-corrected chi connectivity index (χ0v) is 14.7. The first-order valence-corrected chi connectivity index (χ1v) is 8.21. The quantitative estimate of drug-likeness (QED) is 0.764. The van der Waals surface area contributed by atoms with Crippen molar-refractivity contribution in [2.75, 3.05) is 5.32 Å². The summed E-state index contributed by atoms with van der Waals surface area (Å²) in [6.45, 7) is 11.0. The van der Waals surface area contributed by atoms with Crippen LogP contribution in [0.2, 0.25) is 0 Å². The van der Waals surface area contributed by atoms with E-state index in [0.29, 0.717) is 0 Å². The third kappa shape index (κ3) is 5.51. The van der Waals surface area contributed by atoms with Gasteiger partial charge in [-0.2, -0.15) is 0 Å². The molecule has 0 fully saturated rings. The number of hydrogen-bond donors (Lipinski definition) is 1. The number of aryl methyl sites for hydroxylation is 1. The Morgan fingerprint density at radius 1 is 0.826 bits per heavy atom. The Morgan fingerprint density at radius 3 is 2.04 bits per heavy atom. The summed E-state index contributed by atoms with van der Waals surface area (Å²) in [4.78, 5) is 0. The molecule has 0 bridgehead atoms. The summed E-state index contributed by atoms with van der Waals surface area (Å²) in [6, 6.07) is 14.5. The maximum atomic E-state index is 5.89. The molecule has 3 heteroatoms. The summed E-state index contributed by atoms with van der Waals surface area (Å²) >= 11 is 0. The number of anilines is 1. The van der Waals surface area contributed by atoms with Crippen LogP contribution in [0.15, 0.2) is 42.5 Å². The van der Waals surface area contributed by atoms with Crippen LogP contribution >= 0.6 is 0 Å². The van der Waals surface area contributed by atoms with E-state index in [1.807, 2.05) is 45.9 Å². The molecule has 2 aromatic carbocycles. The van der Waals surface area contributed by atoms with Crippen LogP contribution in [0, 0.1) is 6.92 Å². The first-order valence-electron chi connectivity index (χ1n) is 8.21. The lowest BCUT2D eigenvalue weighted by atomic mass is 10.1. The van der Waals surface area contributed by atoms with Gasteiger partial charge in [0.15, 0.2) is 11.5 Å². The lowest BCUT2D eigenvalue weighted by Gasteiger charge is -2.18. The van der Waals surface area contributed by atoms with Crippen molar-refractivity contribution in [3.05, 3.63) is 53.6 Å². The molecular formula is C20H27NO2. The Morgan fingerprint density at radius 2 is 1.43 bits per heavy atom. The molecule has 0 saturated heterocycles. The van der Waals surface area contributed by atoms with Gasteiger partial charge < -0.3 is 14.8 Å². The molecule has 0 spiro atoms. The van der Waals surface area contributed by atoms with Crippen LogP contribution in [0.1, 0.15) is 38.8 Å². The van der Waals surface area contributed by atoms with Gasteiger partial charge in [-0.3, -0.25) is 0 Å². The van der Waals surface area contributed by atoms with Crippen molar-refractivity contribution < 1.29 is 9.47 Å². The normalized spacial score (nSPS) is 10.9. The van der Waals surface area contributed by atoms with Crippen molar-refractivity contribution in [2.24, 2.45) is 0 Å². The molecule has 0 aromatic heterocycles. The van der Waals surface area contributed by atoms with Crippen molar-refractivity contribution in [1.29, 1.82) is 0 Å². The van der Waals surface area contributed by atoms with Gasteiger partial charge in [-0.05, 0) is 52.3 Å². The molecule has 124 valence electrons. The van der Waals surface area contributed by atoms with Crippen molar-refractivity contribution in [3.8, 4) is 11.5 Å². The predicted molar refractivity (Wildman–Crippen MR) is 96.5 cm³/mol. The highest BCUT2D eigenvalue weighted by molar-refractivity contribution is 5.55. The lowest BCUT2D eigenvalue weighted by Crippen LogP contribution is -2.11. The second-order valence-corrected chi connectivity index (χ2v) is 6.33. The number of ether oxygens (including phenoxy) is 2. The molecule has 0 unspecified atom stereocenters. The molecule has 2 rings (SSSR count). The van der Waals surface area contributed by atoms with Crippen LogP contribution < -0.4 is 14.8 Å². The fourth-order valence-corrected chi connectivity index (χ4v) is 2.23. The van der Waals surface area contributed by atoms with E-state index in [1.165, 1.54) is 11.1 Å². The maximum Gasteiger partial charge on any atom is 0.163 e. The topological polar surface area (TPSA) is 30.5 Å². The molecule has 1 N–H and O–H groups in total. The number of rotatable bonds is 7. The highest BCUT2D eigenvalue weighted by atomic mass is 16.5. The van der Waals surface area contributed by atoms with Crippen molar-refractivity contribution in [2.45, 2.75) is 53.4 Å². The van der Waals surface area contributed by atoms with Gasteiger partial charge in [0.05, 0.1) is 12.2 Å². The summed E-state index contributed by atoms with van der Waals surface area (Å²) in [7, 11) is 0. The van der Waals surface area contributed by atoms with Crippen LogP contribution in [-0.2, 0) is 6.54 Å². The van der Waals surface area contributed by atoms with Gasteiger partial charge in [-0.25, -0.2) is 0 Å². The average molecular weight is 313 g/mol. The molecule has 0 radical (unpaired) electrons. The van der Waals surface area contributed by atoms with E-state index in [-0.39, 0.29) is 12.2 Å². The van der Waals surface area contributed by atoms with Gasteiger partial charge in [0, 0.05) is 18.3 Å². The summed E-state index contributed by atoms with van der Waals surface area (Å²) in [5.41, 5.74) is 3.55. The number of nitrogens with one attached hydrogen (secondary N) is 1. The molecule has 0 saturated carbocycles. The summed E-state index contributed by atoms with van der Waals surface area (Å²) < 4.78 is 11.7. The molecule has 3 nitrogen and oxygen atoms in total. The minimum Gasteiger partial charge on any atom is -0.487 e. The Bertz CT molecular complexity index is 618. The molecular weight excluding hydrogens is 286 g/mol. The largest absolute Gasteiger partial charge is 0.487 e. The fourth-order valence-electron chi connectivity index (χ4n) is 2.23. The first-order chi connectivity index (χ1) is 10.9. The van der Waals surface area contributed by atoms with Crippen LogP contribution in [0.5, 0.6) is 11.5 Å². The van der Waals surface area contributed by atoms with E-state index in [1.54, 1.807) is 0 Å². The Hall–Kier alpha value is -2.16. The first kappa shape index (κ1) is 17.2. The highest BCUT2D eigenvalue weighted by Crippen LogP contribution is 2.32. The summed E-state index contributed by atoms with van der Waals surface area (Å²) in [5.74, 6) is 1.57.